The Kier molecular flexibility index (Phi) is 4.20. The standard InChI is InChI=1S/C18H21NO3/c1-21-17-10-13-7-8-19-16(15(13)11-18(17)22-2)9-12-3-5-14(20)6-4-12/h3-6,10-11,16,19-20H,7-9H2,1-2H3/p+1/t16-/m0/s1. The minimum atomic E-state index is 0.308. The van der Waals surface area contributed by atoms with Gasteiger partial charge in [0.25, 0.3) is 0 Å². The molecule has 0 bridgehead atoms. The molecule has 1 aliphatic heterocycles. The van der Waals surface area contributed by atoms with Crippen LogP contribution in [0.25, 0.3) is 0 Å². The van der Waals surface area contributed by atoms with E-state index in [1.807, 2.05) is 12.1 Å². The Hall–Kier alpha value is -2.20. The van der Waals surface area contributed by atoms with E-state index in [2.05, 4.69) is 17.4 Å². The number of quaternary nitrogens is 1. The van der Waals surface area contributed by atoms with Crippen LogP contribution in [0.3, 0.4) is 0 Å². The van der Waals surface area contributed by atoms with Gasteiger partial charge >= 0.3 is 0 Å². The third-order valence-electron chi connectivity index (χ3n) is 4.30. The maximum Gasteiger partial charge on any atom is 0.161 e. The number of fused-ring (bicyclic) bond motifs is 1. The van der Waals surface area contributed by atoms with Gasteiger partial charge in [-0.3, -0.25) is 0 Å². The molecule has 1 heterocycles. The van der Waals surface area contributed by atoms with Crippen molar-refractivity contribution in [1.29, 1.82) is 0 Å². The number of ether oxygens (including phenoxy) is 2. The van der Waals surface area contributed by atoms with Gasteiger partial charge in [-0.05, 0) is 35.4 Å². The highest BCUT2D eigenvalue weighted by Crippen LogP contribution is 2.34. The van der Waals surface area contributed by atoms with Crippen LogP contribution in [0, 0.1) is 0 Å². The van der Waals surface area contributed by atoms with Crippen molar-refractivity contribution in [3.8, 4) is 17.2 Å². The maximum absolute atomic E-state index is 9.41. The van der Waals surface area contributed by atoms with Gasteiger partial charge in [-0.15, -0.1) is 0 Å². The molecule has 0 aromatic heterocycles. The SMILES string of the molecule is COc1cc2c(cc1OC)[C@H](Cc1ccc(O)cc1)[NH2+]CC2. The largest absolute Gasteiger partial charge is 0.508 e. The monoisotopic (exact) mass is 300 g/mol. The highest BCUT2D eigenvalue weighted by molar-refractivity contribution is 5.49. The molecule has 0 saturated carbocycles. The summed E-state index contributed by atoms with van der Waals surface area (Å²) in [5.74, 6) is 1.89. The first-order valence-corrected chi connectivity index (χ1v) is 7.57. The lowest BCUT2D eigenvalue weighted by molar-refractivity contribution is -0.698. The first kappa shape index (κ1) is 14.7. The molecule has 0 spiro atoms. The topological polar surface area (TPSA) is 55.3 Å². The van der Waals surface area contributed by atoms with Crippen molar-refractivity contribution in [1.82, 2.24) is 0 Å². The molecule has 1 aliphatic rings. The van der Waals surface area contributed by atoms with E-state index in [0.717, 1.165) is 30.9 Å². The smallest absolute Gasteiger partial charge is 0.161 e. The van der Waals surface area contributed by atoms with Crippen molar-refractivity contribution in [3.63, 3.8) is 0 Å². The molecule has 1 atom stereocenters. The fourth-order valence-electron chi connectivity index (χ4n) is 3.14. The Morgan fingerprint density at radius 2 is 1.77 bits per heavy atom. The Balaban J connectivity index is 1.91. The van der Waals surface area contributed by atoms with Gasteiger partial charge in [0.2, 0.25) is 0 Å². The normalized spacial score (nSPS) is 16.9. The first-order chi connectivity index (χ1) is 10.7. The fourth-order valence-corrected chi connectivity index (χ4v) is 3.14. The summed E-state index contributed by atoms with van der Waals surface area (Å²) >= 11 is 0. The van der Waals surface area contributed by atoms with Crippen LogP contribution in [-0.2, 0) is 12.8 Å². The third-order valence-corrected chi connectivity index (χ3v) is 4.30. The summed E-state index contributed by atoms with van der Waals surface area (Å²) < 4.78 is 10.9. The van der Waals surface area contributed by atoms with Crippen molar-refractivity contribution in [2.75, 3.05) is 20.8 Å². The summed E-state index contributed by atoms with van der Waals surface area (Å²) in [4.78, 5) is 0. The number of phenolic OH excluding ortho intramolecular Hbond substituents is 1. The number of hydrogen-bond acceptors (Lipinski definition) is 3. The number of nitrogens with two attached hydrogens (primary N) is 1. The number of methoxy groups -OCH3 is 2. The summed E-state index contributed by atoms with van der Waals surface area (Å²) in [6.45, 7) is 1.07. The van der Waals surface area contributed by atoms with Crippen LogP contribution in [-0.4, -0.2) is 25.9 Å². The molecule has 3 N–H and O–H groups in total. The van der Waals surface area contributed by atoms with Crippen molar-refractivity contribution in [2.45, 2.75) is 18.9 Å². The Labute approximate surface area is 130 Å². The van der Waals surface area contributed by atoms with Crippen LogP contribution in [0.1, 0.15) is 22.7 Å². The number of benzene rings is 2. The molecule has 0 fully saturated rings. The van der Waals surface area contributed by atoms with Crippen molar-refractivity contribution in [2.24, 2.45) is 0 Å². The molecule has 116 valence electrons. The lowest BCUT2D eigenvalue weighted by Crippen LogP contribution is -2.87. The second kappa shape index (κ2) is 6.28. The van der Waals surface area contributed by atoms with Gasteiger partial charge in [0, 0.05) is 18.4 Å². The van der Waals surface area contributed by atoms with E-state index in [9.17, 15) is 5.11 Å². The van der Waals surface area contributed by atoms with E-state index in [1.165, 1.54) is 16.7 Å². The summed E-state index contributed by atoms with van der Waals surface area (Å²) in [5.41, 5.74) is 3.88. The molecule has 2 aromatic rings. The molecule has 4 nitrogen and oxygen atoms in total. The zero-order chi connectivity index (χ0) is 15.5. The van der Waals surface area contributed by atoms with Gasteiger partial charge < -0.3 is 19.9 Å². The molecule has 0 radical (unpaired) electrons. The molecule has 2 aromatic carbocycles. The van der Waals surface area contributed by atoms with E-state index in [4.69, 9.17) is 9.47 Å². The van der Waals surface area contributed by atoms with Crippen LogP contribution < -0.4 is 14.8 Å². The van der Waals surface area contributed by atoms with Crippen LogP contribution in [0.5, 0.6) is 17.2 Å². The highest BCUT2D eigenvalue weighted by Gasteiger charge is 2.25. The number of hydrogen-bond donors (Lipinski definition) is 2. The van der Waals surface area contributed by atoms with Gasteiger partial charge in [0.15, 0.2) is 11.5 Å². The third kappa shape index (κ3) is 2.88. The molecule has 4 heteroatoms. The van der Waals surface area contributed by atoms with E-state index in [-0.39, 0.29) is 0 Å². The lowest BCUT2D eigenvalue weighted by Gasteiger charge is -2.25. The summed E-state index contributed by atoms with van der Waals surface area (Å²) in [6.07, 6.45) is 1.98. The van der Waals surface area contributed by atoms with Crippen molar-refractivity contribution < 1.29 is 19.9 Å². The average molecular weight is 300 g/mol. The van der Waals surface area contributed by atoms with Crippen LogP contribution in [0.2, 0.25) is 0 Å². The molecule has 0 amide bonds. The van der Waals surface area contributed by atoms with Crippen LogP contribution >= 0.6 is 0 Å². The summed E-state index contributed by atoms with van der Waals surface area (Å²) in [6, 6.07) is 12.0. The minimum Gasteiger partial charge on any atom is -0.508 e. The van der Waals surface area contributed by atoms with Gasteiger partial charge in [0.05, 0.1) is 20.8 Å². The minimum absolute atomic E-state index is 0.308. The number of rotatable bonds is 4. The van der Waals surface area contributed by atoms with E-state index in [0.29, 0.717) is 11.8 Å². The summed E-state index contributed by atoms with van der Waals surface area (Å²) in [7, 11) is 3.35. The Bertz CT molecular complexity index is 652. The van der Waals surface area contributed by atoms with Gasteiger partial charge in [-0.25, -0.2) is 0 Å². The molecule has 3 rings (SSSR count). The number of aromatic hydroxyl groups is 1. The molecule has 0 aliphatic carbocycles. The van der Waals surface area contributed by atoms with Crippen molar-refractivity contribution >= 4 is 0 Å². The van der Waals surface area contributed by atoms with Crippen LogP contribution in [0.15, 0.2) is 36.4 Å². The lowest BCUT2D eigenvalue weighted by atomic mass is 9.90. The second-order valence-electron chi connectivity index (χ2n) is 5.66. The quantitative estimate of drug-likeness (QED) is 0.905. The Morgan fingerprint density at radius 3 is 2.45 bits per heavy atom. The highest BCUT2D eigenvalue weighted by atomic mass is 16.5. The predicted octanol–water partition coefficient (Wildman–Crippen LogP) is 1.81. The maximum atomic E-state index is 9.41. The van der Waals surface area contributed by atoms with E-state index in [1.54, 1.807) is 26.4 Å². The summed E-state index contributed by atoms with van der Waals surface area (Å²) in [5, 5.41) is 11.8. The Morgan fingerprint density at radius 1 is 1.09 bits per heavy atom. The van der Waals surface area contributed by atoms with Gasteiger partial charge in [-0.1, -0.05) is 12.1 Å². The zero-order valence-corrected chi connectivity index (χ0v) is 13.0. The van der Waals surface area contributed by atoms with Gasteiger partial charge in [-0.2, -0.15) is 0 Å². The van der Waals surface area contributed by atoms with Gasteiger partial charge in [0.1, 0.15) is 11.8 Å². The number of phenols is 1. The van der Waals surface area contributed by atoms with Crippen LogP contribution in [0.4, 0.5) is 0 Å². The van der Waals surface area contributed by atoms with E-state index < -0.39 is 0 Å². The molecule has 22 heavy (non-hydrogen) atoms. The zero-order valence-electron chi connectivity index (χ0n) is 13.0. The predicted molar refractivity (Wildman–Crippen MR) is 84.6 cm³/mol. The molecular weight excluding hydrogens is 278 g/mol. The second-order valence-corrected chi connectivity index (χ2v) is 5.66. The van der Waals surface area contributed by atoms with Crippen molar-refractivity contribution in [3.05, 3.63) is 53.1 Å². The first-order valence-electron chi connectivity index (χ1n) is 7.57. The molecule has 0 unspecified atom stereocenters. The fraction of sp³-hybridized carbons (Fsp3) is 0.333. The molecule has 0 saturated heterocycles. The van der Waals surface area contributed by atoms with E-state index >= 15 is 0 Å². The average Bonchev–Trinajstić information content (AvgIpc) is 2.56. The molecular formula is C18H22NO3+.